The van der Waals surface area contributed by atoms with Gasteiger partial charge in [-0.05, 0) is 44.0 Å². The normalized spacial score (nSPS) is 16.6. The molecule has 1 aliphatic rings. The van der Waals surface area contributed by atoms with Gasteiger partial charge in [-0.2, -0.15) is 5.26 Å². The minimum absolute atomic E-state index is 0.0996. The van der Waals surface area contributed by atoms with Crippen molar-refractivity contribution in [3.8, 4) is 6.07 Å². The number of piperidine rings is 1. The van der Waals surface area contributed by atoms with Gasteiger partial charge in [0.15, 0.2) is 0 Å². The lowest BCUT2D eigenvalue weighted by Gasteiger charge is -2.24. The minimum Gasteiger partial charge on any atom is -0.365 e. The summed E-state index contributed by atoms with van der Waals surface area (Å²) in [6, 6.07) is 1.70. The van der Waals surface area contributed by atoms with Crippen LogP contribution < -0.4 is 10.5 Å². The molecule has 3 N–H and O–H groups in total. The Bertz CT molecular complexity index is 462. The summed E-state index contributed by atoms with van der Waals surface area (Å²) in [5.41, 5.74) is 4.88. The van der Waals surface area contributed by atoms with E-state index in [9.17, 15) is 9.59 Å². The quantitative estimate of drug-likeness (QED) is 0.312. The van der Waals surface area contributed by atoms with E-state index in [-0.39, 0.29) is 11.5 Å². The van der Waals surface area contributed by atoms with Gasteiger partial charge in [-0.1, -0.05) is 12.5 Å². The molecule has 0 saturated carbocycles. The zero-order chi connectivity index (χ0) is 15.5. The zero-order valence-corrected chi connectivity index (χ0v) is 12.7. The number of hydrogen-bond acceptors (Lipinski definition) is 5. The van der Waals surface area contributed by atoms with Crippen molar-refractivity contribution in [2.24, 2.45) is 5.73 Å². The predicted octanol–water partition coefficient (Wildman–Crippen LogP) is 0.728. The molecule has 2 amide bonds. The van der Waals surface area contributed by atoms with Crippen LogP contribution in [0.25, 0.3) is 0 Å². The fourth-order valence-electron chi connectivity index (χ4n) is 1.92. The summed E-state index contributed by atoms with van der Waals surface area (Å²) in [6.07, 6.45) is 8.49. The van der Waals surface area contributed by atoms with Crippen LogP contribution in [-0.2, 0) is 9.59 Å². The van der Waals surface area contributed by atoms with Crippen molar-refractivity contribution in [3.63, 3.8) is 0 Å². The fourth-order valence-corrected chi connectivity index (χ4v) is 2.47. The van der Waals surface area contributed by atoms with Gasteiger partial charge in [0.05, 0.1) is 0 Å². The monoisotopic (exact) mass is 308 g/mol. The van der Waals surface area contributed by atoms with E-state index < -0.39 is 5.91 Å². The third-order valence-corrected chi connectivity index (χ3v) is 3.69. The summed E-state index contributed by atoms with van der Waals surface area (Å²) in [6.45, 7) is 2.98. The molecule has 0 bridgehead atoms. The Kier molecular flexibility index (Phi) is 8.24. The standard InChI is InChI=1S/C14H20N4O2S/c15-11-12(14(16)20)6-10-21-17-13(19)5-4-9-18-7-2-1-3-8-18/h4-6H,1-3,7-10H2,(H2,16,20)(H,17,19)/b5-4+,12-6+. The molecule has 0 unspecified atom stereocenters. The third kappa shape index (κ3) is 7.54. The highest BCUT2D eigenvalue weighted by atomic mass is 32.2. The van der Waals surface area contributed by atoms with Gasteiger partial charge >= 0.3 is 0 Å². The molecule has 1 heterocycles. The summed E-state index contributed by atoms with van der Waals surface area (Å²) in [5, 5.41) is 8.61. The molecular weight excluding hydrogens is 288 g/mol. The number of nitrogens with zero attached hydrogens (tertiary/aromatic N) is 2. The van der Waals surface area contributed by atoms with Gasteiger partial charge in [0.25, 0.3) is 11.8 Å². The molecule has 1 saturated heterocycles. The van der Waals surface area contributed by atoms with Crippen LogP contribution in [0.2, 0.25) is 0 Å². The van der Waals surface area contributed by atoms with E-state index in [4.69, 9.17) is 11.0 Å². The number of primary amides is 1. The van der Waals surface area contributed by atoms with Crippen molar-refractivity contribution in [2.75, 3.05) is 25.4 Å². The van der Waals surface area contributed by atoms with E-state index in [0.717, 1.165) is 31.6 Å². The van der Waals surface area contributed by atoms with Crippen molar-refractivity contribution in [1.29, 1.82) is 5.26 Å². The highest BCUT2D eigenvalue weighted by Crippen LogP contribution is 2.07. The van der Waals surface area contributed by atoms with E-state index in [1.807, 2.05) is 6.08 Å². The van der Waals surface area contributed by atoms with Crippen molar-refractivity contribution in [1.82, 2.24) is 9.62 Å². The van der Waals surface area contributed by atoms with Gasteiger partial charge in [-0.3, -0.25) is 19.2 Å². The second-order valence-electron chi connectivity index (χ2n) is 4.63. The summed E-state index contributed by atoms with van der Waals surface area (Å²) in [5.74, 6) is -0.647. The molecule has 21 heavy (non-hydrogen) atoms. The largest absolute Gasteiger partial charge is 0.365 e. The van der Waals surface area contributed by atoms with Crippen LogP contribution >= 0.6 is 11.9 Å². The van der Waals surface area contributed by atoms with Crippen LogP contribution in [0.1, 0.15) is 19.3 Å². The summed E-state index contributed by atoms with van der Waals surface area (Å²) in [7, 11) is 0. The Morgan fingerprint density at radius 3 is 2.67 bits per heavy atom. The Labute approximate surface area is 129 Å². The highest BCUT2D eigenvalue weighted by Gasteiger charge is 2.07. The Morgan fingerprint density at radius 1 is 1.33 bits per heavy atom. The van der Waals surface area contributed by atoms with Crippen molar-refractivity contribution in [3.05, 3.63) is 23.8 Å². The van der Waals surface area contributed by atoms with Crippen molar-refractivity contribution in [2.45, 2.75) is 19.3 Å². The molecule has 1 aliphatic heterocycles. The van der Waals surface area contributed by atoms with Crippen LogP contribution in [0.5, 0.6) is 0 Å². The average Bonchev–Trinajstić information content (AvgIpc) is 2.48. The van der Waals surface area contributed by atoms with Crippen LogP contribution in [-0.4, -0.2) is 42.1 Å². The molecule has 1 fully saturated rings. The molecule has 0 atom stereocenters. The Hall–Kier alpha value is -1.78. The first-order valence-electron chi connectivity index (χ1n) is 6.84. The molecule has 0 aliphatic carbocycles. The Balaban J connectivity index is 2.19. The smallest absolute Gasteiger partial charge is 0.259 e. The van der Waals surface area contributed by atoms with E-state index in [1.165, 1.54) is 31.4 Å². The summed E-state index contributed by atoms with van der Waals surface area (Å²) in [4.78, 5) is 24.6. The molecule has 0 radical (unpaired) electrons. The second-order valence-corrected chi connectivity index (χ2v) is 5.46. The average molecular weight is 308 g/mol. The zero-order valence-electron chi connectivity index (χ0n) is 11.9. The first-order valence-corrected chi connectivity index (χ1v) is 7.82. The first kappa shape index (κ1) is 17.3. The number of nitriles is 1. The number of hydrogen-bond donors (Lipinski definition) is 2. The van der Waals surface area contributed by atoms with E-state index >= 15 is 0 Å². The second kappa shape index (κ2) is 10.0. The number of nitrogens with one attached hydrogen (secondary N) is 1. The highest BCUT2D eigenvalue weighted by molar-refractivity contribution is 7.98. The lowest BCUT2D eigenvalue weighted by molar-refractivity contribution is -0.115. The molecule has 0 spiro atoms. The molecular formula is C14H20N4O2S. The maximum Gasteiger partial charge on any atom is 0.259 e. The molecule has 7 heteroatoms. The van der Waals surface area contributed by atoms with Crippen LogP contribution in [0.15, 0.2) is 23.8 Å². The van der Waals surface area contributed by atoms with E-state index in [0.29, 0.717) is 5.75 Å². The maximum atomic E-state index is 11.5. The number of carbonyl (C=O) groups excluding carboxylic acids is 2. The van der Waals surface area contributed by atoms with Crippen molar-refractivity contribution < 1.29 is 9.59 Å². The molecule has 1 rings (SSSR count). The van der Waals surface area contributed by atoms with Gasteiger partial charge in [0.1, 0.15) is 11.6 Å². The SMILES string of the molecule is N#C/C(=C\CSNC(=O)/C=C/CN1CCCCC1)C(N)=O. The Morgan fingerprint density at radius 2 is 2.05 bits per heavy atom. The molecule has 6 nitrogen and oxygen atoms in total. The van der Waals surface area contributed by atoms with Crippen LogP contribution in [0.3, 0.4) is 0 Å². The molecule has 0 aromatic rings. The molecule has 0 aromatic heterocycles. The lowest BCUT2D eigenvalue weighted by Crippen LogP contribution is -2.29. The third-order valence-electron chi connectivity index (χ3n) is 3.01. The van der Waals surface area contributed by atoms with Gasteiger partial charge in [0, 0.05) is 18.4 Å². The van der Waals surface area contributed by atoms with Crippen molar-refractivity contribution >= 4 is 23.8 Å². The number of rotatable bonds is 7. The fraction of sp³-hybridized carbons (Fsp3) is 0.500. The number of carbonyl (C=O) groups is 2. The molecule has 114 valence electrons. The van der Waals surface area contributed by atoms with Gasteiger partial charge in [-0.15, -0.1) is 0 Å². The lowest BCUT2D eigenvalue weighted by atomic mass is 10.1. The predicted molar refractivity (Wildman–Crippen MR) is 82.9 cm³/mol. The van der Waals surface area contributed by atoms with Gasteiger partial charge in [-0.25, -0.2) is 0 Å². The van der Waals surface area contributed by atoms with Gasteiger partial charge < -0.3 is 5.73 Å². The maximum absolute atomic E-state index is 11.5. The van der Waals surface area contributed by atoms with Crippen LogP contribution in [0, 0.1) is 11.3 Å². The summed E-state index contributed by atoms with van der Waals surface area (Å²) < 4.78 is 2.61. The first-order chi connectivity index (χ1) is 10.1. The van der Waals surface area contributed by atoms with E-state index in [2.05, 4.69) is 9.62 Å². The number of nitrogens with two attached hydrogens (primary N) is 1. The summed E-state index contributed by atoms with van der Waals surface area (Å²) >= 11 is 1.11. The van der Waals surface area contributed by atoms with E-state index in [1.54, 1.807) is 6.07 Å². The van der Waals surface area contributed by atoms with Gasteiger partial charge in [0.2, 0.25) is 0 Å². The topological polar surface area (TPSA) is 99.2 Å². The number of amides is 2. The van der Waals surface area contributed by atoms with Crippen LogP contribution in [0.4, 0.5) is 0 Å². The molecule has 0 aromatic carbocycles. The minimum atomic E-state index is -0.758. The number of likely N-dealkylation sites (tertiary alicyclic amines) is 1.